The molecule has 0 bridgehead atoms. The van der Waals surface area contributed by atoms with E-state index in [4.69, 9.17) is 9.84 Å². The highest BCUT2D eigenvalue weighted by Crippen LogP contribution is 2.44. The van der Waals surface area contributed by atoms with Crippen molar-refractivity contribution in [2.75, 3.05) is 20.2 Å². The average molecular weight is 397 g/mol. The van der Waals surface area contributed by atoms with Crippen LogP contribution in [-0.2, 0) is 10.2 Å². The molecule has 1 aliphatic heterocycles. The molecule has 29 heavy (non-hydrogen) atoms. The van der Waals surface area contributed by atoms with E-state index in [9.17, 15) is 9.59 Å². The van der Waals surface area contributed by atoms with Gasteiger partial charge in [0, 0.05) is 19.3 Å². The molecule has 1 N–H and O–H groups in total. The van der Waals surface area contributed by atoms with Crippen molar-refractivity contribution in [2.45, 2.75) is 50.0 Å². The van der Waals surface area contributed by atoms with Gasteiger partial charge in [-0.2, -0.15) is 5.10 Å². The fourth-order valence-corrected chi connectivity index (χ4v) is 4.81. The first-order valence-electron chi connectivity index (χ1n) is 10.2. The van der Waals surface area contributed by atoms with Gasteiger partial charge < -0.3 is 14.7 Å². The van der Waals surface area contributed by atoms with Crippen LogP contribution in [-0.4, -0.2) is 51.9 Å². The van der Waals surface area contributed by atoms with Crippen molar-refractivity contribution >= 4 is 11.9 Å². The molecule has 0 radical (unpaired) electrons. The Hall–Kier alpha value is -2.83. The van der Waals surface area contributed by atoms with Crippen LogP contribution in [0.2, 0.25) is 0 Å². The van der Waals surface area contributed by atoms with Crippen molar-refractivity contribution in [2.24, 2.45) is 0 Å². The number of nitrogens with zero attached hydrogens (tertiary/aromatic N) is 3. The highest BCUT2D eigenvalue weighted by molar-refractivity contribution is 5.89. The monoisotopic (exact) mass is 397 g/mol. The molecule has 1 aliphatic carbocycles. The minimum Gasteiger partial charge on any atom is -0.497 e. The van der Waals surface area contributed by atoms with Gasteiger partial charge in [0.05, 0.1) is 30.3 Å². The molecule has 1 saturated heterocycles. The Morgan fingerprint density at radius 2 is 1.93 bits per heavy atom. The summed E-state index contributed by atoms with van der Waals surface area (Å²) in [6.07, 6.45) is 8.39. The van der Waals surface area contributed by atoms with Crippen molar-refractivity contribution in [3.05, 3.63) is 47.8 Å². The van der Waals surface area contributed by atoms with E-state index in [2.05, 4.69) is 11.2 Å². The second kappa shape index (κ2) is 7.89. The molecule has 154 valence electrons. The van der Waals surface area contributed by atoms with E-state index in [1.807, 2.05) is 23.1 Å². The Kier molecular flexibility index (Phi) is 5.30. The molecule has 7 heteroatoms. The first-order chi connectivity index (χ1) is 14.0. The third kappa shape index (κ3) is 3.61. The fourth-order valence-electron chi connectivity index (χ4n) is 4.81. The summed E-state index contributed by atoms with van der Waals surface area (Å²) in [4.78, 5) is 26.7. The maximum atomic E-state index is 13.6. The number of aromatic nitrogens is 2. The number of carboxylic acid groups (broad SMARTS) is 1. The standard InChI is InChI=1S/C22H27N3O4/c1-29-19-6-4-5-17(13-19)22(9-2-3-10-22)21(28)24-11-7-18(8-12-24)25-15-16(14-23-25)20(26)27/h4-6,13-15,18H,2-3,7-12H2,1H3,(H,26,27). The second-order valence-electron chi connectivity index (χ2n) is 8.06. The minimum absolute atomic E-state index is 0.128. The highest BCUT2D eigenvalue weighted by atomic mass is 16.5. The lowest BCUT2D eigenvalue weighted by atomic mass is 9.77. The molecule has 0 spiro atoms. The number of carbonyl (C=O) groups is 2. The third-order valence-corrected chi connectivity index (χ3v) is 6.46. The number of benzene rings is 1. The Balaban J connectivity index is 1.49. The number of aromatic carboxylic acids is 1. The van der Waals surface area contributed by atoms with E-state index in [1.165, 1.54) is 6.20 Å². The molecule has 1 saturated carbocycles. The first-order valence-corrected chi connectivity index (χ1v) is 10.2. The number of methoxy groups -OCH3 is 1. The molecule has 2 fully saturated rings. The third-order valence-electron chi connectivity index (χ3n) is 6.46. The molecule has 1 amide bonds. The number of amides is 1. The number of likely N-dealkylation sites (tertiary alicyclic amines) is 1. The molecule has 1 aromatic heterocycles. The molecule has 0 atom stereocenters. The van der Waals surface area contributed by atoms with Gasteiger partial charge in [-0.1, -0.05) is 25.0 Å². The highest BCUT2D eigenvalue weighted by Gasteiger charge is 2.45. The predicted octanol–water partition coefficient (Wildman–Crippen LogP) is 3.27. The van der Waals surface area contributed by atoms with Gasteiger partial charge in [-0.05, 0) is 43.4 Å². The van der Waals surface area contributed by atoms with E-state index >= 15 is 0 Å². The van der Waals surface area contributed by atoms with Gasteiger partial charge in [0.2, 0.25) is 5.91 Å². The number of hydrogen-bond donors (Lipinski definition) is 1. The van der Waals surface area contributed by atoms with Crippen LogP contribution >= 0.6 is 0 Å². The molecule has 1 aromatic carbocycles. The maximum Gasteiger partial charge on any atom is 0.338 e. The summed E-state index contributed by atoms with van der Waals surface area (Å²) in [6, 6.07) is 8.06. The summed E-state index contributed by atoms with van der Waals surface area (Å²) in [7, 11) is 1.65. The van der Waals surface area contributed by atoms with Crippen LogP contribution < -0.4 is 4.74 Å². The van der Waals surface area contributed by atoms with Gasteiger partial charge in [0.25, 0.3) is 0 Å². The van der Waals surface area contributed by atoms with Gasteiger partial charge in [0.15, 0.2) is 0 Å². The Morgan fingerprint density at radius 3 is 2.55 bits per heavy atom. The molecule has 2 heterocycles. The van der Waals surface area contributed by atoms with E-state index in [-0.39, 0.29) is 17.5 Å². The van der Waals surface area contributed by atoms with Crippen LogP contribution in [0.25, 0.3) is 0 Å². The molecule has 0 unspecified atom stereocenters. The SMILES string of the molecule is COc1cccc(C2(C(=O)N3CCC(n4cc(C(=O)O)cn4)CC3)CCCC2)c1. The molecule has 2 aromatic rings. The molecular weight excluding hydrogens is 370 g/mol. The maximum absolute atomic E-state index is 13.6. The average Bonchev–Trinajstić information content (AvgIpc) is 3.44. The molecule has 2 aliphatic rings. The van der Waals surface area contributed by atoms with E-state index in [1.54, 1.807) is 18.0 Å². The summed E-state index contributed by atoms with van der Waals surface area (Å²) in [6.45, 7) is 1.33. The van der Waals surface area contributed by atoms with Crippen LogP contribution in [0, 0.1) is 0 Å². The second-order valence-corrected chi connectivity index (χ2v) is 8.06. The van der Waals surface area contributed by atoms with Crippen molar-refractivity contribution in [3.8, 4) is 5.75 Å². The van der Waals surface area contributed by atoms with Crippen molar-refractivity contribution in [1.82, 2.24) is 14.7 Å². The van der Waals surface area contributed by atoms with Gasteiger partial charge in [-0.25, -0.2) is 4.79 Å². The zero-order chi connectivity index (χ0) is 20.4. The molecule has 4 rings (SSSR count). The van der Waals surface area contributed by atoms with Gasteiger partial charge in [-0.15, -0.1) is 0 Å². The summed E-state index contributed by atoms with van der Waals surface area (Å²) in [5, 5.41) is 13.3. The zero-order valence-electron chi connectivity index (χ0n) is 16.7. The van der Waals surface area contributed by atoms with Crippen LogP contribution in [0.4, 0.5) is 0 Å². The smallest absolute Gasteiger partial charge is 0.338 e. The fraction of sp³-hybridized carbons (Fsp3) is 0.500. The van der Waals surface area contributed by atoms with Crippen LogP contribution in [0.5, 0.6) is 5.75 Å². The predicted molar refractivity (Wildman–Crippen MR) is 107 cm³/mol. The summed E-state index contributed by atoms with van der Waals surface area (Å²) in [5.41, 5.74) is 0.801. The van der Waals surface area contributed by atoms with Crippen molar-refractivity contribution in [1.29, 1.82) is 0 Å². The number of rotatable bonds is 5. The van der Waals surface area contributed by atoms with E-state index < -0.39 is 11.4 Å². The van der Waals surface area contributed by atoms with E-state index in [0.717, 1.165) is 49.8 Å². The van der Waals surface area contributed by atoms with Crippen molar-refractivity contribution < 1.29 is 19.4 Å². The van der Waals surface area contributed by atoms with Crippen LogP contribution in [0.3, 0.4) is 0 Å². The number of hydrogen-bond acceptors (Lipinski definition) is 4. The zero-order valence-corrected chi connectivity index (χ0v) is 16.7. The summed E-state index contributed by atoms with van der Waals surface area (Å²) in [5.74, 6) is 0.0342. The summed E-state index contributed by atoms with van der Waals surface area (Å²) >= 11 is 0. The molecule has 7 nitrogen and oxygen atoms in total. The van der Waals surface area contributed by atoms with E-state index in [0.29, 0.717) is 13.1 Å². The quantitative estimate of drug-likeness (QED) is 0.837. The Morgan fingerprint density at radius 1 is 1.21 bits per heavy atom. The van der Waals surface area contributed by atoms with Gasteiger partial charge in [-0.3, -0.25) is 9.48 Å². The number of carbonyl (C=O) groups excluding carboxylic acids is 1. The number of ether oxygens (including phenoxy) is 1. The molecular formula is C22H27N3O4. The first kappa shape index (κ1) is 19.5. The number of carboxylic acids is 1. The van der Waals surface area contributed by atoms with Crippen LogP contribution in [0.1, 0.15) is 60.5 Å². The van der Waals surface area contributed by atoms with Gasteiger partial charge in [0.1, 0.15) is 5.75 Å². The largest absolute Gasteiger partial charge is 0.497 e. The lowest BCUT2D eigenvalue weighted by Crippen LogP contribution is -2.48. The number of piperidine rings is 1. The van der Waals surface area contributed by atoms with Crippen LogP contribution in [0.15, 0.2) is 36.7 Å². The lowest BCUT2D eigenvalue weighted by molar-refractivity contribution is -0.138. The Labute approximate surface area is 170 Å². The van der Waals surface area contributed by atoms with Gasteiger partial charge >= 0.3 is 5.97 Å². The topological polar surface area (TPSA) is 84.7 Å². The minimum atomic E-state index is -0.967. The Bertz CT molecular complexity index is 893. The summed E-state index contributed by atoms with van der Waals surface area (Å²) < 4.78 is 7.12. The normalized spacial score (nSPS) is 19.3. The van der Waals surface area contributed by atoms with Crippen molar-refractivity contribution in [3.63, 3.8) is 0 Å². The lowest BCUT2D eigenvalue weighted by Gasteiger charge is -2.39.